The number of amides is 2. The Morgan fingerprint density at radius 1 is 1.41 bits per heavy atom. The van der Waals surface area contributed by atoms with E-state index in [2.05, 4.69) is 17.1 Å². The zero-order chi connectivity index (χ0) is 15.8. The Bertz CT molecular complexity index is 354. The van der Waals surface area contributed by atoms with Crippen molar-refractivity contribution in [3.63, 3.8) is 0 Å². The first-order chi connectivity index (χ1) is 9.99. The number of halogens is 1. The third-order valence-corrected chi connectivity index (χ3v) is 4.19. The van der Waals surface area contributed by atoms with Gasteiger partial charge in [-0.05, 0) is 31.7 Å². The van der Waals surface area contributed by atoms with Gasteiger partial charge in [0.1, 0.15) is 0 Å². The van der Waals surface area contributed by atoms with Crippen LogP contribution >= 0.6 is 12.4 Å². The Balaban J connectivity index is 0.00000441. The number of rotatable bonds is 7. The van der Waals surface area contributed by atoms with Crippen molar-refractivity contribution in [1.82, 2.24) is 15.1 Å². The van der Waals surface area contributed by atoms with Crippen LogP contribution in [-0.4, -0.2) is 67.4 Å². The zero-order valence-corrected chi connectivity index (χ0v) is 14.8. The molecule has 0 saturated carbocycles. The van der Waals surface area contributed by atoms with Crippen LogP contribution in [0.25, 0.3) is 0 Å². The van der Waals surface area contributed by atoms with E-state index >= 15 is 0 Å². The minimum atomic E-state index is -0.102. The number of nitrogens with zero attached hydrogens (tertiary/aromatic N) is 2. The van der Waals surface area contributed by atoms with E-state index in [1.54, 1.807) is 7.05 Å². The summed E-state index contributed by atoms with van der Waals surface area (Å²) in [5.41, 5.74) is 5.84. The lowest BCUT2D eigenvalue weighted by molar-refractivity contribution is -0.136. The van der Waals surface area contributed by atoms with Crippen LogP contribution in [0.15, 0.2) is 0 Å². The summed E-state index contributed by atoms with van der Waals surface area (Å²) < 4.78 is 0. The second kappa shape index (κ2) is 10.8. The van der Waals surface area contributed by atoms with Crippen LogP contribution in [0.1, 0.15) is 33.1 Å². The van der Waals surface area contributed by atoms with Gasteiger partial charge in [0.05, 0.1) is 13.1 Å². The smallest absolute Gasteiger partial charge is 0.239 e. The molecule has 2 amide bonds. The van der Waals surface area contributed by atoms with Gasteiger partial charge in [-0.2, -0.15) is 0 Å². The first kappa shape index (κ1) is 21.1. The molecule has 1 fully saturated rings. The Hall–Kier alpha value is -0.850. The largest absolute Gasteiger partial charge is 0.355 e. The summed E-state index contributed by atoms with van der Waals surface area (Å²) in [6.45, 7) is 6.80. The van der Waals surface area contributed by atoms with Gasteiger partial charge >= 0.3 is 0 Å². The lowest BCUT2D eigenvalue weighted by Crippen LogP contribution is -2.52. The molecule has 0 aliphatic carbocycles. The van der Waals surface area contributed by atoms with E-state index in [1.165, 1.54) is 11.3 Å². The highest BCUT2D eigenvalue weighted by atomic mass is 35.5. The number of carbonyl (C=O) groups is 2. The third kappa shape index (κ3) is 6.50. The van der Waals surface area contributed by atoms with Gasteiger partial charge in [0.25, 0.3) is 0 Å². The summed E-state index contributed by atoms with van der Waals surface area (Å²) in [6, 6.07) is 0.269. The van der Waals surface area contributed by atoms with E-state index in [0.717, 1.165) is 19.4 Å². The Morgan fingerprint density at radius 2 is 2.09 bits per heavy atom. The van der Waals surface area contributed by atoms with Crippen LogP contribution in [0.3, 0.4) is 0 Å². The minimum absolute atomic E-state index is 0. The van der Waals surface area contributed by atoms with Crippen molar-refractivity contribution in [2.45, 2.75) is 39.2 Å². The summed E-state index contributed by atoms with van der Waals surface area (Å²) in [5.74, 6) is 0.402. The van der Waals surface area contributed by atoms with E-state index < -0.39 is 0 Å². The summed E-state index contributed by atoms with van der Waals surface area (Å²) in [7, 11) is 1.68. The molecule has 0 aromatic heterocycles. The monoisotopic (exact) mass is 334 g/mol. The Labute approximate surface area is 140 Å². The summed E-state index contributed by atoms with van der Waals surface area (Å²) >= 11 is 0. The lowest BCUT2D eigenvalue weighted by Gasteiger charge is -2.39. The number of hydrogen-bond donors (Lipinski definition) is 2. The Kier molecular flexibility index (Phi) is 10.4. The zero-order valence-electron chi connectivity index (χ0n) is 14.0. The van der Waals surface area contributed by atoms with E-state index in [4.69, 9.17) is 5.73 Å². The molecule has 0 spiro atoms. The fourth-order valence-electron chi connectivity index (χ4n) is 2.83. The number of likely N-dealkylation sites (tertiary alicyclic amines) is 1. The summed E-state index contributed by atoms with van der Waals surface area (Å²) in [5, 5.41) is 2.78. The molecule has 0 aromatic rings. The maximum Gasteiger partial charge on any atom is 0.239 e. The van der Waals surface area contributed by atoms with Crippen molar-refractivity contribution in [3.8, 4) is 0 Å². The van der Waals surface area contributed by atoms with Gasteiger partial charge in [-0.3, -0.25) is 14.5 Å². The van der Waals surface area contributed by atoms with Crippen molar-refractivity contribution >= 4 is 24.2 Å². The highest BCUT2D eigenvalue weighted by Crippen LogP contribution is 2.22. The molecule has 2 atom stereocenters. The predicted octanol–water partition coefficient (Wildman–Crippen LogP) is 0.452. The number of nitrogens with one attached hydrogen (secondary N) is 1. The van der Waals surface area contributed by atoms with Crippen LogP contribution in [0, 0.1) is 5.92 Å². The van der Waals surface area contributed by atoms with Gasteiger partial charge in [0.2, 0.25) is 11.8 Å². The molecule has 0 aromatic carbocycles. The van der Waals surface area contributed by atoms with Crippen LogP contribution < -0.4 is 11.1 Å². The number of carbonyl (C=O) groups excluding carboxylic acids is 2. The van der Waals surface area contributed by atoms with Gasteiger partial charge in [0.15, 0.2) is 0 Å². The predicted molar refractivity (Wildman–Crippen MR) is 91.0 cm³/mol. The van der Waals surface area contributed by atoms with E-state index in [0.29, 0.717) is 25.6 Å². The summed E-state index contributed by atoms with van der Waals surface area (Å²) in [4.78, 5) is 27.6. The van der Waals surface area contributed by atoms with Crippen LogP contribution in [0.4, 0.5) is 0 Å². The minimum Gasteiger partial charge on any atom is -0.355 e. The lowest BCUT2D eigenvalue weighted by atomic mass is 9.91. The van der Waals surface area contributed by atoms with Crippen molar-refractivity contribution in [3.05, 3.63) is 0 Å². The van der Waals surface area contributed by atoms with E-state index in [9.17, 15) is 9.59 Å². The molecule has 6 nitrogen and oxygen atoms in total. The standard InChI is InChI=1S/C15H30N4O2.ClH/c1-4-7-17-14(20)10-18(3)15(21)11-19-8-5-6-12(2)13(19)9-16;/h12-13H,4-11,16H2,1-3H3,(H,17,20);1H. The Morgan fingerprint density at radius 3 is 2.68 bits per heavy atom. The van der Waals surface area contributed by atoms with E-state index in [1.807, 2.05) is 6.92 Å². The molecule has 1 rings (SSSR count). The molecule has 0 bridgehead atoms. The molecule has 7 heteroatoms. The van der Waals surface area contributed by atoms with Gasteiger partial charge < -0.3 is 16.0 Å². The normalized spacial score (nSPS) is 21.8. The number of likely N-dealkylation sites (N-methyl/N-ethyl adjacent to an activating group) is 1. The molecule has 0 radical (unpaired) electrons. The van der Waals surface area contributed by atoms with Gasteiger partial charge in [-0.25, -0.2) is 0 Å². The number of hydrogen-bond acceptors (Lipinski definition) is 4. The van der Waals surface area contributed by atoms with Gasteiger partial charge in [-0.1, -0.05) is 13.8 Å². The van der Waals surface area contributed by atoms with Crippen LogP contribution in [-0.2, 0) is 9.59 Å². The molecule has 130 valence electrons. The van der Waals surface area contributed by atoms with Gasteiger partial charge in [0, 0.05) is 26.2 Å². The fourth-order valence-corrected chi connectivity index (χ4v) is 2.83. The molecule has 22 heavy (non-hydrogen) atoms. The second-order valence-corrected chi connectivity index (χ2v) is 5.99. The molecular formula is C15H31ClN4O2. The molecule has 1 aliphatic rings. The maximum atomic E-state index is 12.3. The van der Waals surface area contributed by atoms with Crippen molar-refractivity contribution in [2.75, 3.05) is 39.8 Å². The number of piperidine rings is 1. The second-order valence-electron chi connectivity index (χ2n) is 5.99. The van der Waals surface area contributed by atoms with Crippen molar-refractivity contribution < 1.29 is 9.59 Å². The maximum absolute atomic E-state index is 12.3. The van der Waals surface area contributed by atoms with Gasteiger partial charge in [-0.15, -0.1) is 12.4 Å². The SMILES string of the molecule is CCCNC(=O)CN(C)C(=O)CN1CCCC(C)C1CN.Cl. The molecule has 1 heterocycles. The quantitative estimate of drug-likeness (QED) is 0.708. The molecule has 1 aliphatic heterocycles. The molecule has 2 unspecified atom stereocenters. The molecular weight excluding hydrogens is 304 g/mol. The van der Waals surface area contributed by atoms with Crippen LogP contribution in [0.5, 0.6) is 0 Å². The van der Waals surface area contributed by atoms with E-state index in [-0.39, 0.29) is 36.8 Å². The number of nitrogens with two attached hydrogens (primary N) is 1. The topological polar surface area (TPSA) is 78.7 Å². The summed E-state index contributed by atoms with van der Waals surface area (Å²) in [6.07, 6.45) is 3.17. The molecule has 1 saturated heterocycles. The van der Waals surface area contributed by atoms with Crippen LogP contribution in [0.2, 0.25) is 0 Å². The average Bonchev–Trinajstić information content (AvgIpc) is 2.45. The molecule has 3 N–H and O–H groups in total. The first-order valence-corrected chi connectivity index (χ1v) is 7.94. The highest BCUT2D eigenvalue weighted by Gasteiger charge is 2.29. The fraction of sp³-hybridized carbons (Fsp3) is 0.867. The average molecular weight is 335 g/mol. The van der Waals surface area contributed by atoms with Crippen molar-refractivity contribution in [1.29, 1.82) is 0 Å². The van der Waals surface area contributed by atoms with Crippen molar-refractivity contribution in [2.24, 2.45) is 11.7 Å². The highest BCUT2D eigenvalue weighted by molar-refractivity contribution is 5.85. The first-order valence-electron chi connectivity index (χ1n) is 7.94. The third-order valence-electron chi connectivity index (χ3n) is 4.19.